The molecular weight excluding hydrogens is 455 g/mol. The van der Waals surface area contributed by atoms with Crippen LogP contribution in [0.15, 0.2) is 53.3 Å². The summed E-state index contributed by atoms with van der Waals surface area (Å²) in [5.41, 5.74) is 5.41. The quantitative estimate of drug-likeness (QED) is 0.444. The monoisotopic (exact) mass is 486 g/mol. The molecule has 0 saturated heterocycles. The third-order valence-corrected chi connectivity index (χ3v) is 6.98. The van der Waals surface area contributed by atoms with E-state index in [1.165, 1.54) is 23.3 Å². The number of pyridine rings is 1. The maximum Gasteiger partial charge on any atom is 0.253 e. The van der Waals surface area contributed by atoms with Crippen molar-refractivity contribution in [1.82, 2.24) is 30.1 Å². The fourth-order valence-electron chi connectivity index (χ4n) is 4.88. The van der Waals surface area contributed by atoms with Gasteiger partial charge in [0.1, 0.15) is 11.9 Å². The maximum absolute atomic E-state index is 13.5. The lowest BCUT2D eigenvalue weighted by Gasteiger charge is -2.34. The number of aryl methyl sites for hydroxylation is 2. The van der Waals surface area contributed by atoms with Crippen LogP contribution >= 0.6 is 0 Å². The van der Waals surface area contributed by atoms with E-state index in [4.69, 9.17) is 0 Å². The van der Waals surface area contributed by atoms with E-state index >= 15 is 0 Å². The Morgan fingerprint density at radius 2 is 1.78 bits per heavy atom. The molecule has 5 rings (SSSR count). The minimum atomic E-state index is -0.431. The van der Waals surface area contributed by atoms with Crippen LogP contribution in [0.2, 0.25) is 0 Å². The Bertz CT molecular complexity index is 1510. The molecule has 0 fully saturated rings. The first-order valence-electron chi connectivity index (χ1n) is 12.2. The largest absolute Gasteiger partial charge is 0.322 e. The van der Waals surface area contributed by atoms with Gasteiger partial charge >= 0.3 is 0 Å². The van der Waals surface area contributed by atoms with E-state index < -0.39 is 6.04 Å². The predicted octanol–water partition coefficient (Wildman–Crippen LogP) is 4.90. The smallest absolute Gasteiger partial charge is 0.253 e. The zero-order valence-corrected chi connectivity index (χ0v) is 21.3. The summed E-state index contributed by atoms with van der Waals surface area (Å²) in [5.74, 6) is 0.390. The van der Waals surface area contributed by atoms with Gasteiger partial charge in [0.15, 0.2) is 5.82 Å². The highest BCUT2D eigenvalue weighted by Crippen LogP contribution is 2.33. The SMILES string of the molecule is Cc1cc2cc(C(c3nnnn3C(C)(C)C)N3CC=C(c4ccc(F)cc4)CC3)c(=O)[nH]c2cc1C. The van der Waals surface area contributed by atoms with Gasteiger partial charge in [-0.1, -0.05) is 18.2 Å². The van der Waals surface area contributed by atoms with Crippen molar-refractivity contribution >= 4 is 16.5 Å². The average Bonchev–Trinajstić information content (AvgIpc) is 3.32. The molecule has 2 aromatic carbocycles. The van der Waals surface area contributed by atoms with E-state index in [0.717, 1.165) is 28.5 Å². The van der Waals surface area contributed by atoms with Gasteiger partial charge in [-0.2, -0.15) is 0 Å². The molecule has 1 aliphatic rings. The molecule has 8 heteroatoms. The number of fused-ring (bicyclic) bond motifs is 1. The van der Waals surface area contributed by atoms with Crippen LogP contribution < -0.4 is 5.56 Å². The molecule has 0 saturated carbocycles. The van der Waals surface area contributed by atoms with E-state index in [2.05, 4.69) is 44.5 Å². The summed E-state index contributed by atoms with van der Waals surface area (Å²) < 4.78 is 15.2. The van der Waals surface area contributed by atoms with Gasteiger partial charge in [0.05, 0.1) is 5.54 Å². The minimum absolute atomic E-state index is 0.146. The van der Waals surface area contributed by atoms with Crippen LogP contribution in [-0.2, 0) is 5.54 Å². The topological polar surface area (TPSA) is 79.7 Å². The Hall–Kier alpha value is -3.65. The lowest BCUT2D eigenvalue weighted by atomic mass is 9.95. The molecule has 36 heavy (non-hydrogen) atoms. The number of halogens is 1. The molecule has 0 spiro atoms. The van der Waals surface area contributed by atoms with Crippen LogP contribution in [0, 0.1) is 19.7 Å². The van der Waals surface area contributed by atoms with Crippen LogP contribution in [0.4, 0.5) is 4.39 Å². The van der Waals surface area contributed by atoms with Gasteiger partial charge in [-0.15, -0.1) is 5.10 Å². The summed E-state index contributed by atoms with van der Waals surface area (Å²) in [4.78, 5) is 18.8. The molecule has 1 N–H and O–H groups in total. The highest BCUT2D eigenvalue weighted by atomic mass is 19.1. The van der Waals surface area contributed by atoms with Crippen LogP contribution in [0.1, 0.15) is 61.3 Å². The standard InChI is InChI=1S/C28H31FN6O/c1-17-14-21-16-23(27(36)30-24(21)15-18(17)2)25(26-31-32-33-35(26)28(3,4)5)34-12-10-20(11-13-34)19-6-8-22(29)9-7-19/h6-10,14-16,25H,11-13H2,1-5H3,(H,30,36). The molecule has 7 nitrogen and oxygen atoms in total. The molecule has 0 amide bonds. The second-order valence-corrected chi connectivity index (χ2v) is 10.6. The minimum Gasteiger partial charge on any atom is -0.322 e. The Balaban J connectivity index is 1.61. The lowest BCUT2D eigenvalue weighted by Crippen LogP contribution is -2.39. The fourth-order valence-corrected chi connectivity index (χ4v) is 4.88. The van der Waals surface area contributed by atoms with E-state index in [1.807, 2.05) is 52.0 Å². The van der Waals surface area contributed by atoms with Gasteiger partial charge in [0.2, 0.25) is 0 Å². The molecule has 1 aliphatic heterocycles. The zero-order valence-electron chi connectivity index (χ0n) is 21.3. The van der Waals surface area contributed by atoms with Gasteiger partial charge in [0.25, 0.3) is 5.56 Å². The van der Waals surface area contributed by atoms with Crippen LogP contribution in [0.25, 0.3) is 16.5 Å². The summed E-state index contributed by atoms with van der Waals surface area (Å²) in [6.07, 6.45) is 2.92. The maximum atomic E-state index is 13.5. The van der Waals surface area contributed by atoms with Crippen molar-refractivity contribution in [1.29, 1.82) is 0 Å². The van der Waals surface area contributed by atoms with Gasteiger partial charge < -0.3 is 4.98 Å². The van der Waals surface area contributed by atoms with Crippen molar-refractivity contribution < 1.29 is 4.39 Å². The van der Waals surface area contributed by atoms with Gasteiger partial charge in [-0.25, -0.2) is 9.07 Å². The lowest BCUT2D eigenvalue weighted by molar-refractivity contribution is 0.219. The number of nitrogens with zero attached hydrogens (tertiary/aromatic N) is 5. The first kappa shape index (κ1) is 24.1. The number of hydrogen-bond acceptors (Lipinski definition) is 5. The first-order chi connectivity index (χ1) is 17.1. The van der Waals surface area contributed by atoms with Crippen molar-refractivity contribution in [2.75, 3.05) is 13.1 Å². The number of tetrazole rings is 1. The van der Waals surface area contributed by atoms with Crippen LogP contribution in [-0.4, -0.2) is 43.2 Å². The molecule has 3 heterocycles. The number of aromatic amines is 1. The second kappa shape index (κ2) is 9.09. The fraction of sp³-hybridized carbons (Fsp3) is 0.357. The van der Waals surface area contributed by atoms with Crippen molar-refractivity contribution in [3.8, 4) is 0 Å². The molecule has 0 aliphatic carbocycles. The number of H-pyrrole nitrogens is 1. The van der Waals surface area contributed by atoms with Crippen LogP contribution in [0.5, 0.6) is 0 Å². The van der Waals surface area contributed by atoms with Crippen molar-refractivity contribution in [3.05, 3.63) is 92.8 Å². The van der Waals surface area contributed by atoms with E-state index in [0.29, 0.717) is 24.5 Å². The molecule has 1 atom stereocenters. The highest BCUT2D eigenvalue weighted by Gasteiger charge is 2.34. The molecule has 186 valence electrons. The Morgan fingerprint density at radius 1 is 1.06 bits per heavy atom. The molecular formula is C28H31FN6O. The van der Waals surface area contributed by atoms with Crippen LogP contribution in [0.3, 0.4) is 0 Å². The van der Waals surface area contributed by atoms with Crippen molar-refractivity contribution in [2.24, 2.45) is 0 Å². The summed E-state index contributed by atoms with van der Waals surface area (Å²) in [5, 5.41) is 13.7. The third-order valence-electron chi connectivity index (χ3n) is 6.98. The number of hydrogen-bond donors (Lipinski definition) is 1. The van der Waals surface area contributed by atoms with Gasteiger partial charge in [-0.05, 0) is 109 Å². The normalized spacial score (nSPS) is 15.8. The molecule has 4 aromatic rings. The number of aromatic nitrogens is 5. The zero-order chi connectivity index (χ0) is 25.6. The summed E-state index contributed by atoms with van der Waals surface area (Å²) >= 11 is 0. The highest BCUT2D eigenvalue weighted by molar-refractivity contribution is 5.81. The Morgan fingerprint density at radius 3 is 2.44 bits per heavy atom. The first-order valence-corrected chi connectivity index (χ1v) is 12.2. The molecule has 2 aromatic heterocycles. The molecule has 0 bridgehead atoms. The average molecular weight is 487 g/mol. The van der Waals surface area contributed by atoms with Crippen molar-refractivity contribution in [3.63, 3.8) is 0 Å². The third kappa shape index (κ3) is 4.48. The Kier molecular flexibility index (Phi) is 6.08. The summed E-state index contributed by atoms with van der Waals surface area (Å²) in [7, 11) is 0. The van der Waals surface area contributed by atoms with E-state index in [1.54, 1.807) is 4.68 Å². The second-order valence-electron chi connectivity index (χ2n) is 10.6. The number of nitrogens with one attached hydrogen (secondary N) is 1. The van der Waals surface area contributed by atoms with Gasteiger partial charge in [-0.3, -0.25) is 9.69 Å². The van der Waals surface area contributed by atoms with Crippen molar-refractivity contribution in [2.45, 2.75) is 52.6 Å². The van der Waals surface area contributed by atoms with E-state index in [-0.39, 0.29) is 16.9 Å². The molecule has 0 radical (unpaired) electrons. The Labute approximate surface area is 209 Å². The van der Waals surface area contributed by atoms with E-state index in [9.17, 15) is 9.18 Å². The predicted molar refractivity (Wildman–Crippen MR) is 139 cm³/mol. The summed E-state index contributed by atoms with van der Waals surface area (Å²) in [6, 6.07) is 12.3. The number of benzene rings is 2. The van der Waals surface area contributed by atoms with Gasteiger partial charge in [0, 0.05) is 24.2 Å². The summed E-state index contributed by atoms with van der Waals surface area (Å²) in [6.45, 7) is 11.6. The number of rotatable bonds is 4. The molecule has 1 unspecified atom stereocenters.